The fourth-order valence-corrected chi connectivity index (χ4v) is 3.39. The topological polar surface area (TPSA) is 98.5 Å². The Morgan fingerprint density at radius 1 is 1.38 bits per heavy atom. The molecule has 0 aromatic heterocycles. The van der Waals surface area contributed by atoms with E-state index in [1.165, 1.54) is 6.92 Å². The van der Waals surface area contributed by atoms with Gasteiger partial charge in [-0.1, -0.05) is 13.8 Å². The van der Waals surface area contributed by atoms with Crippen LogP contribution in [0.3, 0.4) is 0 Å². The van der Waals surface area contributed by atoms with Gasteiger partial charge in [0.25, 0.3) is 0 Å². The molecule has 0 saturated carbocycles. The van der Waals surface area contributed by atoms with E-state index in [4.69, 9.17) is 5.73 Å². The van der Waals surface area contributed by atoms with Crippen molar-refractivity contribution in [1.29, 1.82) is 0 Å². The molecular weight excluding hydrogens is 299 g/mol. The van der Waals surface area contributed by atoms with Crippen molar-refractivity contribution in [2.24, 2.45) is 5.92 Å². The van der Waals surface area contributed by atoms with Gasteiger partial charge in [-0.05, 0) is 25.0 Å². The molecule has 0 radical (unpaired) electrons. The first-order chi connectivity index (χ1) is 9.60. The van der Waals surface area contributed by atoms with E-state index in [1.807, 2.05) is 0 Å². The molecule has 1 aromatic rings. The van der Waals surface area contributed by atoms with E-state index in [9.17, 15) is 17.6 Å². The summed E-state index contributed by atoms with van der Waals surface area (Å²) in [4.78, 5) is 11.3. The number of nitrogen functional groups attached to an aromatic ring is 1. The number of carbonyl (C=O) groups is 1. The van der Waals surface area contributed by atoms with Crippen LogP contribution in [0.1, 0.15) is 19.4 Å². The molecule has 8 heteroatoms. The number of anilines is 1. The molecule has 0 aliphatic rings. The zero-order chi connectivity index (χ0) is 16.4. The monoisotopic (exact) mass is 318 g/mol. The van der Waals surface area contributed by atoms with Crippen LogP contribution < -0.4 is 10.5 Å². The van der Waals surface area contributed by atoms with Crippen LogP contribution in [0.15, 0.2) is 17.0 Å². The molecule has 118 valence electrons. The fraction of sp³-hybridized carbons (Fsp3) is 0.462. The third-order valence-electron chi connectivity index (χ3n) is 3.01. The number of methoxy groups -OCH3 is 1. The summed E-state index contributed by atoms with van der Waals surface area (Å²) in [7, 11) is -2.94. The van der Waals surface area contributed by atoms with Crippen LogP contribution in [0, 0.1) is 18.7 Å². The highest BCUT2D eigenvalue weighted by molar-refractivity contribution is 7.89. The van der Waals surface area contributed by atoms with Gasteiger partial charge in [0, 0.05) is 11.3 Å². The van der Waals surface area contributed by atoms with Crippen LogP contribution in [-0.2, 0) is 19.6 Å². The number of rotatable bonds is 5. The van der Waals surface area contributed by atoms with Crippen molar-refractivity contribution in [3.8, 4) is 0 Å². The minimum atomic E-state index is -4.11. The standard InChI is InChI=1S/C13H19FN2O4S/c1-7(2)12(13(17)20-4)16-21(18,19)11-6-9(15)5-10(14)8(11)3/h5-7,12,16H,15H2,1-4H3. The zero-order valence-electron chi connectivity index (χ0n) is 12.3. The van der Waals surface area contributed by atoms with E-state index in [2.05, 4.69) is 9.46 Å². The molecule has 1 unspecified atom stereocenters. The highest BCUT2D eigenvalue weighted by Crippen LogP contribution is 2.22. The molecule has 0 spiro atoms. The molecule has 1 atom stereocenters. The summed E-state index contributed by atoms with van der Waals surface area (Å²) in [6.45, 7) is 4.65. The van der Waals surface area contributed by atoms with Crippen molar-refractivity contribution in [3.05, 3.63) is 23.5 Å². The van der Waals surface area contributed by atoms with Crippen molar-refractivity contribution in [3.63, 3.8) is 0 Å². The molecule has 1 rings (SSSR count). The SMILES string of the molecule is COC(=O)C(NS(=O)(=O)c1cc(N)cc(F)c1C)C(C)C. The van der Waals surface area contributed by atoms with Crippen LogP contribution in [0.4, 0.5) is 10.1 Å². The molecule has 3 N–H and O–H groups in total. The number of sulfonamides is 1. The normalized spacial score (nSPS) is 13.2. The maximum atomic E-state index is 13.6. The van der Waals surface area contributed by atoms with Crippen LogP contribution >= 0.6 is 0 Å². The van der Waals surface area contributed by atoms with Gasteiger partial charge in [-0.15, -0.1) is 0 Å². The van der Waals surface area contributed by atoms with Crippen LogP contribution in [-0.4, -0.2) is 27.5 Å². The molecule has 0 aliphatic carbocycles. The lowest BCUT2D eigenvalue weighted by Gasteiger charge is -2.20. The second-order valence-electron chi connectivity index (χ2n) is 4.99. The van der Waals surface area contributed by atoms with Crippen molar-refractivity contribution in [2.45, 2.75) is 31.7 Å². The van der Waals surface area contributed by atoms with Gasteiger partial charge in [-0.3, -0.25) is 4.79 Å². The number of nitrogens with two attached hydrogens (primary N) is 1. The van der Waals surface area contributed by atoms with E-state index in [0.29, 0.717) is 0 Å². The molecule has 0 heterocycles. The highest BCUT2D eigenvalue weighted by Gasteiger charge is 2.30. The smallest absolute Gasteiger partial charge is 0.324 e. The summed E-state index contributed by atoms with van der Waals surface area (Å²) < 4.78 is 45.1. The van der Waals surface area contributed by atoms with Crippen LogP contribution in [0.5, 0.6) is 0 Å². The molecule has 1 aromatic carbocycles. The first kappa shape index (κ1) is 17.4. The van der Waals surface area contributed by atoms with Crippen molar-refractivity contribution in [2.75, 3.05) is 12.8 Å². The minimum absolute atomic E-state index is 0.0161. The van der Waals surface area contributed by atoms with Crippen molar-refractivity contribution < 1.29 is 22.3 Å². The average molecular weight is 318 g/mol. The molecule has 0 amide bonds. The Morgan fingerprint density at radius 3 is 2.43 bits per heavy atom. The summed E-state index contributed by atoms with van der Waals surface area (Å²) in [5.74, 6) is -1.77. The van der Waals surface area contributed by atoms with Gasteiger partial charge in [-0.25, -0.2) is 12.8 Å². The molecular formula is C13H19FN2O4S. The summed E-state index contributed by atoms with van der Waals surface area (Å²) >= 11 is 0. The number of hydrogen-bond donors (Lipinski definition) is 2. The Hall–Kier alpha value is -1.67. The van der Waals surface area contributed by atoms with Crippen molar-refractivity contribution in [1.82, 2.24) is 4.72 Å². The van der Waals surface area contributed by atoms with Gasteiger partial charge in [0.15, 0.2) is 0 Å². The third kappa shape index (κ3) is 3.92. The number of esters is 1. The Kier molecular flexibility index (Phi) is 5.30. The number of halogens is 1. The quantitative estimate of drug-likeness (QED) is 0.628. The summed E-state index contributed by atoms with van der Waals surface area (Å²) in [6.07, 6.45) is 0. The number of ether oxygens (including phenoxy) is 1. The summed E-state index contributed by atoms with van der Waals surface area (Å²) in [6, 6.07) is 1.12. The van der Waals surface area contributed by atoms with E-state index in [1.54, 1.807) is 13.8 Å². The van der Waals surface area contributed by atoms with Crippen LogP contribution in [0.25, 0.3) is 0 Å². The zero-order valence-corrected chi connectivity index (χ0v) is 13.1. The van der Waals surface area contributed by atoms with E-state index >= 15 is 0 Å². The van der Waals surface area contributed by atoms with Gasteiger partial charge in [0.2, 0.25) is 10.0 Å². The maximum absolute atomic E-state index is 13.6. The minimum Gasteiger partial charge on any atom is -0.468 e. The van der Waals surface area contributed by atoms with E-state index in [-0.39, 0.29) is 22.1 Å². The number of hydrogen-bond acceptors (Lipinski definition) is 5. The van der Waals surface area contributed by atoms with Gasteiger partial charge in [0.1, 0.15) is 11.9 Å². The first-order valence-corrected chi connectivity index (χ1v) is 7.74. The number of benzene rings is 1. The number of carbonyl (C=O) groups excluding carboxylic acids is 1. The molecule has 0 aliphatic heterocycles. The predicted octanol–water partition coefficient (Wildman–Crippen LogP) is 1.19. The Labute approximate surface area is 123 Å². The Morgan fingerprint density at radius 2 is 1.95 bits per heavy atom. The summed E-state index contributed by atoms with van der Waals surface area (Å²) in [5, 5.41) is 0. The fourth-order valence-electron chi connectivity index (χ4n) is 1.77. The lowest BCUT2D eigenvalue weighted by molar-refractivity contribution is -0.143. The Bertz CT molecular complexity index is 644. The molecule has 21 heavy (non-hydrogen) atoms. The second kappa shape index (κ2) is 6.40. The van der Waals surface area contributed by atoms with E-state index < -0.39 is 27.9 Å². The molecule has 0 fully saturated rings. The summed E-state index contributed by atoms with van der Waals surface area (Å²) in [5.41, 5.74) is 5.40. The predicted molar refractivity (Wildman–Crippen MR) is 76.5 cm³/mol. The lowest BCUT2D eigenvalue weighted by Crippen LogP contribution is -2.45. The van der Waals surface area contributed by atoms with Crippen LogP contribution in [0.2, 0.25) is 0 Å². The van der Waals surface area contributed by atoms with Gasteiger partial charge < -0.3 is 10.5 Å². The van der Waals surface area contributed by atoms with Crippen molar-refractivity contribution >= 4 is 21.7 Å². The van der Waals surface area contributed by atoms with E-state index in [0.717, 1.165) is 19.2 Å². The molecule has 0 bridgehead atoms. The highest BCUT2D eigenvalue weighted by atomic mass is 32.2. The number of nitrogens with one attached hydrogen (secondary N) is 1. The average Bonchev–Trinajstić information content (AvgIpc) is 2.38. The van der Waals surface area contributed by atoms with Gasteiger partial charge in [0.05, 0.1) is 12.0 Å². The third-order valence-corrected chi connectivity index (χ3v) is 4.58. The largest absolute Gasteiger partial charge is 0.468 e. The second-order valence-corrected chi connectivity index (χ2v) is 6.67. The lowest BCUT2D eigenvalue weighted by atomic mass is 10.1. The molecule has 6 nitrogen and oxygen atoms in total. The molecule has 0 saturated heterocycles. The Balaban J connectivity index is 3.26. The maximum Gasteiger partial charge on any atom is 0.324 e. The van der Waals surface area contributed by atoms with Gasteiger partial charge >= 0.3 is 5.97 Å². The van der Waals surface area contributed by atoms with Gasteiger partial charge in [-0.2, -0.15) is 4.72 Å². The first-order valence-electron chi connectivity index (χ1n) is 6.26.